The second-order valence-electron chi connectivity index (χ2n) is 3.35. The van der Waals surface area contributed by atoms with Crippen LogP contribution in [0.4, 0.5) is 4.39 Å². The van der Waals surface area contributed by atoms with E-state index in [0.29, 0.717) is 15.6 Å². The van der Waals surface area contributed by atoms with E-state index in [4.69, 9.17) is 0 Å². The SMILES string of the molecule is Cc1sccc1C(=O)c1ccc(Br)c(F)c1. The van der Waals surface area contributed by atoms with E-state index in [1.54, 1.807) is 18.2 Å². The molecule has 0 aliphatic rings. The molecule has 16 heavy (non-hydrogen) atoms. The molecule has 2 aromatic rings. The van der Waals surface area contributed by atoms with Crippen LogP contribution < -0.4 is 0 Å². The highest BCUT2D eigenvalue weighted by molar-refractivity contribution is 9.10. The van der Waals surface area contributed by atoms with E-state index in [1.165, 1.54) is 17.4 Å². The smallest absolute Gasteiger partial charge is 0.194 e. The van der Waals surface area contributed by atoms with Crippen molar-refractivity contribution in [2.24, 2.45) is 0 Å². The van der Waals surface area contributed by atoms with E-state index in [2.05, 4.69) is 15.9 Å². The second kappa shape index (κ2) is 4.47. The Kier molecular flexibility index (Phi) is 3.21. The van der Waals surface area contributed by atoms with Gasteiger partial charge in [0, 0.05) is 16.0 Å². The van der Waals surface area contributed by atoms with E-state index < -0.39 is 5.82 Å². The summed E-state index contributed by atoms with van der Waals surface area (Å²) in [6, 6.07) is 6.18. The third-order valence-electron chi connectivity index (χ3n) is 2.29. The van der Waals surface area contributed by atoms with E-state index in [1.807, 2.05) is 12.3 Å². The Morgan fingerprint density at radius 1 is 1.38 bits per heavy atom. The van der Waals surface area contributed by atoms with Crippen molar-refractivity contribution in [3.63, 3.8) is 0 Å². The highest BCUT2D eigenvalue weighted by Crippen LogP contribution is 2.22. The van der Waals surface area contributed by atoms with Crippen LogP contribution in [0, 0.1) is 12.7 Å². The van der Waals surface area contributed by atoms with Gasteiger partial charge >= 0.3 is 0 Å². The average Bonchev–Trinajstić information content (AvgIpc) is 2.67. The number of rotatable bonds is 2. The normalized spacial score (nSPS) is 10.4. The van der Waals surface area contributed by atoms with Crippen molar-refractivity contribution >= 4 is 33.0 Å². The molecule has 4 heteroatoms. The summed E-state index contributed by atoms with van der Waals surface area (Å²) in [6.45, 7) is 1.88. The lowest BCUT2D eigenvalue weighted by Crippen LogP contribution is -2.01. The number of carbonyl (C=O) groups is 1. The predicted molar refractivity (Wildman–Crippen MR) is 66.6 cm³/mol. The fourth-order valence-electron chi connectivity index (χ4n) is 1.41. The standard InChI is InChI=1S/C12H8BrFOS/c1-7-9(4-5-16-7)12(15)8-2-3-10(13)11(14)6-8/h2-6H,1H3. The molecule has 0 saturated heterocycles. The zero-order valence-corrected chi connectivity index (χ0v) is 10.9. The molecule has 0 radical (unpaired) electrons. The summed E-state index contributed by atoms with van der Waals surface area (Å²) >= 11 is 4.57. The number of halogens is 2. The maximum atomic E-state index is 13.3. The van der Waals surface area contributed by atoms with Crippen molar-refractivity contribution in [1.29, 1.82) is 0 Å². The van der Waals surface area contributed by atoms with Gasteiger partial charge in [0.25, 0.3) is 0 Å². The molecule has 0 bridgehead atoms. The molecule has 0 saturated carbocycles. The van der Waals surface area contributed by atoms with E-state index in [9.17, 15) is 9.18 Å². The Morgan fingerprint density at radius 2 is 2.12 bits per heavy atom. The Labute approximate surface area is 105 Å². The van der Waals surface area contributed by atoms with Gasteiger partial charge in [-0.1, -0.05) is 0 Å². The molecule has 0 fully saturated rings. The van der Waals surface area contributed by atoms with Crippen molar-refractivity contribution in [2.75, 3.05) is 0 Å². The van der Waals surface area contributed by atoms with Gasteiger partial charge < -0.3 is 0 Å². The molecule has 0 spiro atoms. The highest BCUT2D eigenvalue weighted by atomic mass is 79.9. The molecular weight excluding hydrogens is 291 g/mol. The Bertz CT molecular complexity index is 548. The number of carbonyl (C=O) groups excluding carboxylic acids is 1. The lowest BCUT2D eigenvalue weighted by atomic mass is 10.0. The molecule has 0 unspecified atom stereocenters. The fraction of sp³-hybridized carbons (Fsp3) is 0.0833. The number of ketones is 1. The maximum absolute atomic E-state index is 13.3. The van der Waals surface area contributed by atoms with Gasteiger partial charge in [-0.25, -0.2) is 4.39 Å². The molecule has 0 aliphatic heterocycles. The molecular formula is C12H8BrFOS. The van der Waals surface area contributed by atoms with Crippen LogP contribution in [-0.4, -0.2) is 5.78 Å². The van der Waals surface area contributed by atoms with Crippen molar-refractivity contribution in [1.82, 2.24) is 0 Å². The topological polar surface area (TPSA) is 17.1 Å². The van der Waals surface area contributed by atoms with Gasteiger partial charge in [-0.3, -0.25) is 4.79 Å². The lowest BCUT2D eigenvalue weighted by Gasteiger charge is -2.01. The minimum atomic E-state index is -0.418. The molecule has 0 atom stereocenters. The van der Waals surface area contributed by atoms with Gasteiger partial charge in [-0.15, -0.1) is 11.3 Å². The summed E-state index contributed by atoms with van der Waals surface area (Å²) in [7, 11) is 0. The Hall–Kier alpha value is -1.000. The molecule has 1 aromatic heterocycles. The zero-order chi connectivity index (χ0) is 11.7. The summed E-state index contributed by atoms with van der Waals surface area (Å²) in [4.78, 5) is 13.0. The minimum absolute atomic E-state index is 0.134. The minimum Gasteiger partial charge on any atom is -0.289 e. The first-order valence-corrected chi connectivity index (χ1v) is 6.30. The molecule has 0 N–H and O–H groups in total. The Balaban J connectivity index is 2.42. The van der Waals surface area contributed by atoms with Crippen molar-refractivity contribution < 1.29 is 9.18 Å². The Morgan fingerprint density at radius 3 is 2.69 bits per heavy atom. The van der Waals surface area contributed by atoms with Gasteiger partial charge in [0.1, 0.15) is 5.82 Å². The molecule has 1 aromatic carbocycles. The molecule has 0 aliphatic carbocycles. The summed E-state index contributed by atoms with van der Waals surface area (Å²) in [6.07, 6.45) is 0. The molecule has 2 rings (SSSR count). The summed E-state index contributed by atoms with van der Waals surface area (Å²) < 4.78 is 13.7. The van der Waals surface area contributed by atoms with Crippen LogP contribution in [0.15, 0.2) is 34.1 Å². The first-order chi connectivity index (χ1) is 7.59. The number of hydrogen-bond acceptors (Lipinski definition) is 2. The number of benzene rings is 1. The highest BCUT2D eigenvalue weighted by Gasteiger charge is 2.13. The van der Waals surface area contributed by atoms with Crippen LogP contribution in [0.1, 0.15) is 20.8 Å². The van der Waals surface area contributed by atoms with Crippen LogP contribution in [-0.2, 0) is 0 Å². The summed E-state index contributed by atoms with van der Waals surface area (Å²) in [5, 5.41) is 1.86. The first kappa shape index (κ1) is 11.5. The number of thiophene rings is 1. The number of aryl methyl sites for hydroxylation is 1. The molecule has 1 nitrogen and oxygen atoms in total. The van der Waals surface area contributed by atoms with Crippen molar-refractivity contribution in [3.8, 4) is 0 Å². The van der Waals surface area contributed by atoms with Gasteiger partial charge in [0.15, 0.2) is 5.78 Å². The number of hydrogen-bond donors (Lipinski definition) is 0. The third-order valence-corrected chi connectivity index (χ3v) is 3.77. The van der Waals surface area contributed by atoms with E-state index >= 15 is 0 Å². The molecule has 0 amide bonds. The van der Waals surface area contributed by atoms with Crippen LogP contribution in [0.3, 0.4) is 0 Å². The van der Waals surface area contributed by atoms with Gasteiger partial charge in [0.2, 0.25) is 0 Å². The monoisotopic (exact) mass is 298 g/mol. The van der Waals surface area contributed by atoms with Gasteiger partial charge in [0.05, 0.1) is 4.47 Å². The third kappa shape index (κ3) is 2.08. The summed E-state index contributed by atoms with van der Waals surface area (Å²) in [5.41, 5.74) is 1.02. The van der Waals surface area contributed by atoms with Crippen LogP contribution in [0.5, 0.6) is 0 Å². The largest absolute Gasteiger partial charge is 0.289 e. The second-order valence-corrected chi connectivity index (χ2v) is 5.32. The maximum Gasteiger partial charge on any atom is 0.194 e. The predicted octanol–water partition coefficient (Wildman–Crippen LogP) is 4.19. The molecule has 1 heterocycles. The fourth-order valence-corrected chi connectivity index (χ4v) is 2.36. The van der Waals surface area contributed by atoms with E-state index in [-0.39, 0.29) is 5.78 Å². The first-order valence-electron chi connectivity index (χ1n) is 4.63. The zero-order valence-electron chi connectivity index (χ0n) is 8.46. The van der Waals surface area contributed by atoms with Gasteiger partial charge in [-0.05, 0) is 52.5 Å². The lowest BCUT2D eigenvalue weighted by molar-refractivity contribution is 0.103. The average molecular weight is 299 g/mol. The van der Waals surface area contributed by atoms with Crippen LogP contribution >= 0.6 is 27.3 Å². The van der Waals surface area contributed by atoms with Crippen molar-refractivity contribution in [2.45, 2.75) is 6.92 Å². The summed E-state index contributed by atoms with van der Waals surface area (Å²) in [5.74, 6) is -0.552. The van der Waals surface area contributed by atoms with Gasteiger partial charge in [-0.2, -0.15) is 0 Å². The quantitative estimate of drug-likeness (QED) is 0.760. The molecule has 82 valence electrons. The van der Waals surface area contributed by atoms with Crippen molar-refractivity contribution in [3.05, 3.63) is 55.9 Å². The van der Waals surface area contributed by atoms with Crippen LogP contribution in [0.25, 0.3) is 0 Å². The van der Waals surface area contributed by atoms with E-state index in [0.717, 1.165) is 4.88 Å². The van der Waals surface area contributed by atoms with Crippen LogP contribution in [0.2, 0.25) is 0 Å².